The molecule has 1 aromatic rings. The van der Waals surface area contributed by atoms with E-state index in [-0.39, 0.29) is 23.8 Å². The monoisotopic (exact) mass is 301 g/mol. The third-order valence-corrected chi connectivity index (χ3v) is 3.91. The fraction of sp³-hybridized carbons (Fsp3) is 0.462. The molecule has 0 spiro atoms. The van der Waals surface area contributed by atoms with Crippen LogP contribution in [0, 0.1) is 0 Å². The zero-order chi connectivity index (χ0) is 15.2. The van der Waals surface area contributed by atoms with Gasteiger partial charge >= 0.3 is 0 Å². The lowest BCUT2D eigenvalue weighted by Crippen LogP contribution is -2.35. The molecule has 0 saturated heterocycles. The molecular weight excluding hydrogens is 282 g/mol. The van der Waals surface area contributed by atoms with Crippen LogP contribution in [0.1, 0.15) is 5.56 Å². The van der Waals surface area contributed by atoms with Crippen LogP contribution in [0.25, 0.3) is 0 Å². The molecule has 0 unspecified atom stereocenters. The van der Waals surface area contributed by atoms with Gasteiger partial charge in [-0.25, -0.2) is 8.42 Å². The maximum Gasteiger partial charge on any atom is 0.224 e. The molecular formula is C13H19NO5S. The van der Waals surface area contributed by atoms with Crippen LogP contribution in [0.3, 0.4) is 0 Å². The quantitative estimate of drug-likeness (QED) is 0.736. The summed E-state index contributed by atoms with van der Waals surface area (Å²) < 4.78 is 33.1. The van der Waals surface area contributed by atoms with Gasteiger partial charge in [-0.2, -0.15) is 0 Å². The van der Waals surface area contributed by atoms with Gasteiger partial charge in [-0.05, 0) is 11.6 Å². The van der Waals surface area contributed by atoms with Crippen LogP contribution in [0.15, 0.2) is 29.2 Å². The molecule has 20 heavy (non-hydrogen) atoms. The van der Waals surface area contributed by atoms with Crippen molar-refractivity contribution in [2.75, 3.05) is 27.0 Å². The van der Waals surface area contributed by atoms with Crippen LogP contribution >= 0.6 is 0 Å². The van der Waals surface area contributed by atoms with E-state index in [1.165, 1.54) is 20.3 Å². The van der Waals surface area contributed by atoms with Gasteiger partial charge in [0.15, 0.2) is 16.1 Å². The third kappa shape index (κ3) is 4.92. The van der Waals surface area contributed by atoms with Crippen molar-refractivity contribution in [2.45, 2.75) is 17.6 Å². The Balaban J connectivity index is 2.72. The van der Waals surface area contributed by atoms with Gasteiger partial charge in [-0.15, -0.1) is 0 Å². The highest BCUT2D eigenvalue weighted by Crippen LogP contribution is 2.15. The largest absolute Gasteiger partial charge is 0.354 e. The first-order valence-corrected chi connectivity index (χ1v) is 7.88. The Morgan fingerprint density at radius 2 is 1.85 bits per heavy atom. The molecule has 7 heteroatoms. The molecule has 1 rings (SSSR count). The van der Waals surface area contributed by atoms with E-state index < -0.39 is 16.1 Å². The lowest BCUT2D eigenvalue weighted by Gasteiger charge is -2.14. The predicted molar refractivity (Wildman–Crippen MR) is 74.1 cm³/mol. The summed E-state index contributed by atoms with van der Waals surface area (Å²) in [4.78, 5) is 12.0. The SMILES string of the molecule is COC(CNC(=O)Cc1ccccc1S(C)(=O)=O)OC. The number of ether oxygens (including phenoxy) is 2. The summed E-state index contributed by atoms with van der Waals surface area (Å²) in [6.07, 6.45) is 0.586. The second-order valence-corrected chi connectivity index (χ2v) is 6.25. The Morgan fingerprint density at radius 1 is 1.25 bits per heavy atom. The number of benzene rings is 1. The second-order valence-electron chi connectivity index (χ2n) is 4.26. The van der Waals surface area contributed by atoms with E-state index in [0.717, 1.165) is 6.26 Å². The van der Waals surface area contributed by atoms with Crippen molar-refractivity contribution in [3.63, 3.8) is 0 Å². The number of hydrogen-bond donors (Lipinski definition) is 1. The van der Waals surface area contributed by atoms with Crippen molar-refractivity contribution in [1.29, 1.82) is 0 Å². The van der Waals surface area contributed by atoms with Crippen molar-refractivity contribution in [1.82, 2.24) is 5.32 Å². The normalized spacial score (nSPS) is 11.6. The van der Waals surface area contributed by atoms with E-state index in [2.05, 4.69) is 5.32 Å². The summed E-state index contributed by atoms with van der Waals surface area (Å²) in [5, 5.41) is 2.63. The molecule has 0 aliphatic rings. The van der Waals surface area contributed by atoms with Crippen molar-refractivity contribution >= 4 is 15.7 Å². The maximum absolute atomic E-state index is 11.8. The number of hydrogen-bond acceptors (Lipinski definition) is 5. The van der Waals surface area contributed by atoms with Gasteiger partial charge in [0.25, 0.3) is 0 Å². The van der Waals surface area contributed by atoms with Gasteiger partial charge in [-0.1, -0.05) is 18.2 Å². The van der Waals surface area contributed by atoms with Gasteiger partial charge in [0, 0.05) is 20.5 Å². The van der Waals surface area contributed by atoms with Gasteiger partial charge in [-0.3, -0.25) is 4.79 Å². The summed E-state index contributed by atoms with van der Waals surface area (Å²) >= 11 is 0. The molecule has 1 amide bonds. The molecule has 1 N–H and O–H groups in total. The highest BCUT2D eigenvalue weighted by atomic mass is 32.2. The summed E-state index contributed by atoms with van der Waals surface area (Å²) in [5.41, 5.74) is 0.471. The van der Waals surface area contributed by atoms with Crippen LogP contribution in [0.5, 0.6) is 0 Å². The lowest BCUT2D eigenvalue weighted by atomic mass is 10.1. The molecule has 0 radical (unpaired) electrons. The highest BCUT2D eigenvalue weighted by Gasteiger charge is 2.15. The van der Waals surface area contributed by atoms with Gasteiger partial charge < -0.3 is 14.8 Å². The van der Waals surface area contributed by atoms with Crippen molar-refractivity contribution in [2.24, 2.45) is 0 Å². The second kappa shape index (κ2) is 7.37. The summed E-state index contributed by atoms with van der Waals surface area (Å²) in [5.74, 6) is -0.291. The molecule has 1 aromatic carbocycles. The number of nitrogens with one attached hydrogen (secondary N) is 1. The number of rotatable bonds is 7. The highest BCUT2D eigenvalue weighted by molar-refractivity contribution is 7.90. The Labute approximate surface area is 119 Å². The van der Waals surface area contributed by atoms with E-state index in [4.69, 9.17) is 9.47 Å². The molecule has 0 saturated carbocycles. The van der Waals surface area contributed by atoms with Gasteiger partial charge in [0.1, 0.15) is 0 Å². The summed E-state index contributed by atoms with van der Waals surface area (Å²) in [7, 11) is -0.406. The molecule has 0 aliphatic carbocycles. The Kier molecular flexibility index (Phi) is 6.12. The van der Waals surface area contributed by atoms with Crippen molar-refractivity contribution < 1.29 is 22.7 Å². The van der Waals surface area contributed by atoms with Crippen LogP contribution in [0.4, 0.5) is 0 Å². The number of amides is 1. The zero-order valence-electron chi connectivity index (χ0n) is 11.8. The minimum Gasteiger partial charge on any atom is -0.354 e. The van der Waals surface area contributed by atoms with Crippen molar-refractivity contribution in [3.05, 3.63) is 29.8 Å². The van der Waals surface area contributed by atoms with Crippen molar-refractivity contribution in [3.8, 4) is 0 Å². The topological polar surface area (TPSA) is 81.7 Å². The number of carbonyl (C=O) groups excluding carboxylic acids is 1. The smallest absolute Gasteiger partial charge is 0.224 e. The molecule has 0 fully saturated rings. The van der Waals surface area contributed by atoms with E-state index in [1.807, 2.05) is 0 Å². The first-order chi connectivity index (χ1) is 9.38. The molecule has 0 heterocycles. The fourth-order valence-corrected chi connectivity index (χ4v) is 2.65. The van der Waals surface area contributed by atoms with Crippen LogP contribution in [-0.2, 0) is 30.5 Å². The molecule has 0 atom stereocenters. The first kappa shape index (κ1) is 16.6. The van der Waals surface area contributed by atoms with E-state index in [1.54, 1.807) is 18.2 Å². The van der Waals surface area contributed by atoms with E-state index >= 15 is 0 Å². The van der Waals surface area contributed by atoms with Crippen LogP contribution in [0.2, 0.25) is 0 Å². The first-order valence-electron chi connectivity index (χ1n) is 5.98. The standard InChI is InChI=1S/C13H19NO5S/c1-18-13(19-2)9-14-12(15)8-10-6-4-5-7-11(10)20(3,16)17/h4-7,13H,8-9H2,1-3H3,(H,14,15). The van der Waals surface area contributed by atoms with Crippen LogP contribution in [-0.4, -0.2) is 47.6 Å². The molecule has 0 bridgehead atoms. The van der Waals surface area contributed by atoms with E-state index in [9.17, 15) is 13.2 Å². The molecule has 6 nitrogen and oxygen atoms in total. The average molecular weight is 301 g/mol. The Bertz CT molecular complexity index is 552. The minimum absolute atomic E-state index is 0.0105. The number of carbonyl (C=O) groups is 1. The fourth-order valence-electron chi connectivity index (χ4n) is 1.71. The van der Waals surface area contributed by atoms with Gasteiger partial charge in [0.05, 0.1) is 17.9 Å². The molecule has 0 aliphatic heterocycles. The predicted octanol–water partition coefficient (Wildman–Crippen LogP) is 0.368. The number of sulfone groups is 1. The summed E-state index contributed by atoms with van der Waals surface area (Å²) in [6, 6.07) is 6.44. The van der Waals surface area contributed by atoms with Crippen LogP contribution < -0.4 is 5.32 Å². The maximum atomic E-state index is 11.8. The Morgan fingerprint density at radius 3 is 2.40 bits per heavy atom. The third-order valence-electron chi connectivity index (χ3n) is 2.71. The number of methoxy groups -OCH3 is 2. The van der Waals surface area contributed by atoms with Gasteiger partial charge in [0.2, 0.25) is 5.91 Å². The minimum atomic E-state index is -3.35. The summed E-state index contributed by atoms with van der Waals surface area (Å²) in [6.45, 7) is 0.201. The average Bonchev–Trinajstić information content (AvgIpc) is 2.39. The zero-order valence-corrected chi connectivity index (χ0v) is 12.6. The van der Waals surface area contributed by atoms with E-state index in [0.29, 0.717) is 5.56 Å². The Hall–Kier alpha value is -1.44. The molecule has 0 aromatic heterocycles. The molecule has 112 valence electrons. The lowest BCUT2D eigenvalue weighted by molar-refractivity contribution is -0.126.